The molecule has 1 aromatic heterocycles. The quantitative estimate of drug-likeness (QED) is 0.683. The average molecular weight is 165 g/mol. The van der Waals surface area contributed by atoms with E-state index in [1.165, 1.54) is 0 Å². The van der Waals surface area contributed by atoms with Crippen LogP contribution in [0.5, 0.6) is 0 Å². The highest BCUT2D eigenvalue weighted by Gasteiger charge is 2.05. The van der Waals surface area contributed by atoms with Gasteiger partial charge in [0.1, 0.15) is 0 Å². The Morgan fingerprint density at radius 1 is 1.42 bits per heavy atom. The first kappa shape index (κ1) is 9.04. The zero-order chi connectivity index (χ0) is 8.97. The van der Waals surface area contributed by atoms with E-state index in [4.69, 9.17) is 0 Å². The van der Waals surface area contributed by atoms with E-state index in [2.05, 4.69) is 11.9 Å². The number of aryl methyl sites for hydroxylation is 1. The van der Waals surface area contributed by atoms with Gasteiger partial charge in [-0.1, -0.05) is 13.8 Å². The van der Waals surface area contributed by atoms with Crippen LogP contribution in [-0.2, 0) is 6.42 Å². The van der Waals surface area contributed by atoms with Crippen LogP contribution in [0.1, 0.15) is 42.9 Å². The molecule has 0 saturated heterocycles. The highest BCUT2D eigenvalue weighted by Crippen LogP contribution is 2.06. The molecule has 0 unspecified atom stereocenters. The lowest BCUT2D eigenvalue weighted by Crippen LogP contribution is -1.98. The van der Waals surface area contributed by atoms with Crippen LogP contribution in [-0.4, -0.2) is 10.8 Å². The molecule has 0 aliphatic heterocycles. The van der Waals surface area contributed by atoms with Gasteiger partial charge < -0.3 is 4.98 Å². The number of hydrogen-bond donors (Lipinski definition) is 1. The molecule has 0 aromatic carbocycles. The van der Waals surface area contributed by atoms with Gasteiger partial charge >= 0.3 is 0 Å². The number of ketones is 1. The van der Waals surface area contributed by atoms with E-state index < -0.39 is 0 Å². The van der Waals surface area contributed by atoms with Crippen LogP contribution in [0, 0.1) is 0 Å². The number of carbonyl (C=O) groups excluding carboxylic acids is 1. The number of H-pyrrole nitrogens is 1. The summed E-state index contributed by atoms with van der Waals surface area (Å²) in [6.45, 7) is 4.08. The van der Waals surface area contributed by atoms with Gasteiger partial charge in [0.25, 0.3) is 0 Å². The molecule has 0 radical (unpaired) electrons. The number of aromatic amines is 1. The second-order valence-corrected chi connectivity index (χ2v) is 2.92. The average Bonchev–Trinajstić information content (AvgIpc) is 2.52. The molecule has 0 spiro atoms. The SMILES string of the molecule is CCCC(=O)c1ccc(CC)[nH]1. The van der Waals surface area contributed by atoms with Crippen molar-refractivity contribution in [3.63, 3.8) is 0 Å². The molecule has 1 rings (SSSR count). The summed E-state index contributed by atoms with van der Waals surface area (Å²) < 4.78 is 0. The molecular formula is C10H15NO. The van der Waals surface area contributed by atoms with Crippen molar-refractivity contribution in [2.24, 2.45) is 0 Å². The Bertz CT molecular complexity index is 263. The van der Waals surface area contributed by atoms with Crippen LogP contribution in [0.4, 0.5) is 0 Å². The Labute approximate surface area is 73.0 Å². The molecule has 1 aromatic rings. The van der Waals surface area contributed by atoms with Crippen molar-refractivity contribution in [3.8, 4) is 0 Å². The van der Waals surface area contributed by atoms with Crippen LogP contribution >= 0.6 is 0 Å². The molecule has 0 amide bonds. The molecule has 12 heavy (non-hydrogen) atoms. The summed E-state index contributed by atoms with van der Waals surface area (Å²) in [6, 6.07) is 3.85. The minimum Gasteiger partial charge on any atom is -0.356 e. The van der Waals surface area contributed by atoms with Crippen LogP contribution < -0.4 is 0 Å². The Hall–Kier alpha value is -1.05. The zero-order valence-corrected chi connectivity index (χ0v) is 7.68. The Kier molecular flexibility index (Phi) is 3.09. The molecule has 0 aliphatic carbocycles. The number of rotatable bonds is 4. The third kappa shape index (κ3) is 1.97. The monoisotopic (exact) mass is 165 g/mol. The second kappa shape index (κ2) is 4.10. The van der Waals surface area contributed by atoms with E-state index >= 15 is 0 Å². The summed E-state index contributed by atoms with van der Waals surface area (Å²) in [5.41, 5.74) is 1.89. The number of nitrogens with one attached hydrogen (secondary N) is 1. The fraction of sp³-hybridized carbons (Fsp3) is 0.500. The van der Waals surface area contributed by atoms with Crippen molar-refractivity contribution in [2.45, 2.75) is 33.1 Å². The normalized spacial score (nSPS) is 10.2. The van der Waals surface area contributed by atoms with E-state index in [9.17, 15) is 4.79 Å². The molecule has 0 atom stereocenters. The summed E-state index contributed by atoms with van der Waals surface area (Å²) in [7, 11) is 0. The third-order valence-electron chi connectivity index (χ3n) is 1.90. The molecule has 2 heteroatoms. The van der Waals surface area contributed by atoms with E-state index in [0.717, 1.165) is 24.2 Å². The predicted molar refractivity (Wildman–Crippen MR) is 49.4 cm³/mol. The van der Waals surface area contributed by atoms with Gasteiger partial charge in [-0.3, -0.25) is 4.79 Å². The van der Waals surface area contributed by atoms with Crippen LogP contribution in [0.25, 0.3) is 0 Å². The van der Waals surface area contributed by atoms with Gasteiger partial charge in [-0.2, -0.15) is 0 Å². The zero-order valence-electron chi connectivity index (χ0n) is 7.68. The summed E-state index contributed by atoms with van der Waals surface area (Å²) in [4.78, 5) is 14.4. The van der Waals surface area contributed by atoms with Crippen molar-refractivity contribution in [2.75, 3.05) is 0 Å². The van der Waals surface area contributed by atoms with Crippen molar-refractivity contribution >= 4 is 5.78 Å². The van der Waals surface area contributed by atoms with Crippen LogP contribution in [0.2, 0.25) is 0 Å². The maximum atomic E-state index is 11.3. The largest absolute Gasteiger partial charge is 0.356 e. The smallest absolute Gasteiger partial charge is 0.178 e. The molecule has 1 N–H and O–H groups in total. The first-order valence-corrected chi connectivity index (χ1v) is 4.49. The maximum absolute atomic E-state index is 11.3. The summed E-state index contributed by atoms with van der Waals surface area (Å²) in [6.07, 6.45) is 2.52. The Balaban J connectivity index is 2.68. The summed E-state index contributed by atoms with van der Waals surface area (Å²) in [5, 5.41) is 0. The molecule has 0 aliphatic rings. The first-order chi connectivity index (χ1) is 5.77. The Morgan fingerprint density at radius 3 is 2.67 bits per heavy atom. The lowest BCUT2D eigenvalue weighted by atomic mass is 10.2. The molecule has 0 saturated carbocycles. The number of hydrogen-bond acceptors (Lipinski definition) is 1. The maximum Gasteiger partial charge on any atom is 0.178 e. The molecule has 0 fully saturated rings. The van der Waals surface area contributed by atoms with Gasteiger partial charge in [-0.15, -0.1) is 0 Å². The minimum absolute atomic E-state index is 0.220. The highest BCUT2D eigenvalue weighted by atomic mass is 16.1. The van der Waals surface area contributed by atoms with Crippen molar-refractivity contribution in [1.29, 1.82) is 0 Å². The van der Waals surface area contributed by atoms with Crippen molar-refractivity contribution < 1.29 is 4.79 Å². The fourth-order valence-corrected chi connectivity index (χ4v) is 1.17. The van der Waals surface area contributed by atoms with Gasteiger partial charge in [0.05, 0.1) is 5.69 Å². The van der Waals surface area contributed by atoms with E-state index in [1.54, 1.807) is 0 Å². The molecule has 2 nitrogen and oxygen atoms in total. The standard InChI is InChI=1S/C10H15NO/c1-3-5-10(12)9-7-6-8(4-2)11-9/h6-7,11H,3-5H2,1-2H3. The van der Waals surface area contributed by atoms with Gasteiger partial charge in [0.2, 0.25) is 0 Å². The Morgan fingerprint density at radius 2 is 2.17 bits per heavy atom. The fourth-order valence-electron chi connectivity index (χ4n) is 1.17. The number of aromatic nitrogens is 1. The van der Waals surface area contributed by atoms with E-state index in [1.807, 2.05) is 19.1 Å². The van der Waals surface area contributed by atoms with Gasteiger partial charge in [0.15, 0.2) is 5.78 Å². The van der Waals surface area contributed by atoms with Crippen molar-refractivity contribution in [3.05, 3.63) is 23.5 Å². The van der Waals surface area contributed by atoms with Crippen molar-refractivity contribution in [1.82, 2.24) is 4.98 Å². The highest BCUT2D eigenvalue weighted by molar-refractivity contribution is 5.94. The number of Topliss-reactive ketones (excluding diaryl/α,β-unsaturated/α-hetero) is 1. The van der Waals surface area contributed by atoms with Gasteiger partial charge in [-0.25, -0.2) is 0 Å². The molecule has 1 heterocycles. The summed E-state index contributed by atoms with van der Waals surface area (Å²) >= 11 is 0. The lowest BCUT2D eigenvalue weighted by Gasteiger charge is -1.93. The molecule has 66 valence electrons. The van der Waals surface area contributed by atoms with Gasteiger partial charge in [-0.05, 0) is 25.0 Å². The van der Waals surface area contributed by atoms with Crippen LogP contribution in [0.15, 0.2) is 12.1 Å². The molecule has 0 bridgehead atoms. The van der Waals surface area contributed by atoms with Crippen LogP contribution in [0.3, 0.4) is 0 Å². The van der Waals surface area contributed by atoms with E-state index in [0.29, 0.717) is 6.42 Å². The van der Waals surface area contributed by atoms with E-state index in [-0.39, 0.29) is 5.78 Å². The number of carbonyl (C=O) groups is 1. The third-order valence-corrected chi connectivity index (χ3v) is 1.90. The second-order valence-electron chi connectivity index (χ2n) is 2.92. The first-order valence-electron chi connectivity index (χ1n) is 4.49. The lowest BCUT2D eigenvalue weighted by molar-refractivity contribution is 0.0977. The predicted octanol–water partition coefficient (Wildman–Crippen LogP) is 2.56. The molecular weight excluding hydrogens is 150 g/mol. The minimum atomic E-state index is 0.220. The topological polar surface area (TPSA) is 32.9 Å². The van der Waals surface area contributed by atoms with Gasteiger partial charge in [0, 0.05) is 12.1 Å². The summed E-state index contributed by atoms with van der Waals surface area (Å²) in [5.74, 6) is 0.220.